The molecule has 1 amide bonds. The van der Waals surface area contributed by atoms with Gasteiger partial charge < -0.3 is 4.90 Å². The lowest BCUT2D eigenvalue weighted by Crippen LogP contribution is -2.41. The van der Waals surface area contributed by atoms with Gasteiger partial charge in [0.15, 0.2) is 9.84 Å². The van der Waals surface area contributed by atoms with Crippen LogP contribution in [0.2, 0.25) is 0 Å². The fraction of sp³-hybridized carbons (Fsp3) is 0.368. The van der Waals surface area contributed by atoms with E-state index in [4.69, 9.17) is 0 Å². The first-order chi connectivity index (χ1) is 12.0. The zero-order valence-corrected chi connectivity index (χ0v) is 15.0. The topological polar surface area (TPSA) is 67.3 Å². The molecule has 5 nitrogen and oxygen atoms in total. The van der Waals surface area contributed by atoms with E-state index in [-0.39, 0.29) is 29.4 Å². The molecule has 1 aliphatic heterocycles. The number of hydrogen-bond donors (Lipinski definition) is 0. The Labute approximate surface area is 148 Å². The minimum Gasteiger partial charge on any atom is -0.341 e. The average Bonchev–Trinajstić information content (AvgIpc) is 3.00. The number of benzene rings is 1. The van der Waals surface area contributed by atoms with Crippen LogP contribution in [0.3, 0.4) is 0 Å². The fourth-order valence-corrected chi connectivity index (χ4v) is 5.07. The van der Waals surface area contributed by atoms with Gasteiger partial charge in [-0.15, -0.1) is 0 Å². The average molecular weight is 358 g/mol. The number of likely N-dealkylation sites (N-methyl/N-ethyl adjacent to an activating group) is 1. The molecule has 2 heterocycles. The van der Waals surface area contributed by atoms with Gasteiger partial charge in [0.1, 0.15) is 0 Å². The molecule has 1 fully saturated rings. The van der Waals surface area contributed by atoms with Crippen molar-refractivity contribution in [3.8, 4) is 0 Å². The van der Waals surface area contributed by atoms with Crippen molar-refractivity contribution in [1.82, 2.24) is 9.88 Å². The molecule has 3 rings (SSSR count). The van der Waals surface area contributed by atoms with Crippen LogP contribution in [0.4, 0.5) is 0 Å². The summed E-state index contributed by atoms with van der Waals surface area (Å²) in [5.74, 6) is -0.149. The quantitative estimate of drug-likeness (QED) is 0.820. The first-order valence-electron chi connectivity index (χ1n) is 8.37. The normalized spacial score (nSPS) is 20.1. The second kappa shape index (κ2) is 7.35. The molecule has 6 heteroatoms. The van der Waals surface area contributed by atoms with Crippen molar-refractivity contribution in [1.29, 1.82) is 0 Å². The van der Waals surface area contributed by atoms with Crippen LogP contribution >= 0.6 is 0 Å². The summed E-state index contributed by atoms with van der Waals surface area (Å²) in [7, 11) is -1.31. The van der Waals surface area contributed by atoms with Gasteiger partial charge in [0, 0.05) is 25.5 Å². The molecule has 2 aromatic rings. The Kier molecular flexibility index (Phi) is 5.18. The number of pyridine rings is 1. The predicted octanol–water partition coefficient (Wildman–Crippen LogP) is 2.05. The molecule has 0 radical (unpaired) electrons. The van der Waals surface area contributed by atoms with E-state index in [0.29, 0.717) is 12.8 Å². The Hall–Kier alpha value is -2.21. The van der Waals surface area contributed by atoms with Crippen LogP contribution in [0.5, 0.6) is 0 Å². The molecule has 0 bridgehead atoms. The Balaban J connectivity index is 1.84. The molecule has 1 aromatic carbocycles. The highest BCUT2D eigenvalue weighted by Gasteiger charge is 2.35. The van der Waals surface area contributed by atoms with Crippen LogP contribution in [0.15, 0.2) is 54.9 Å². The number of amides is 1. The van der Waals surface area contributed by atoms with Crippen LogP contribution in [-0.4, -0.2) is 48.8 Å². The summed E-state index contributed by atoms with van der Waals surface area (Å²) >= 11 is 0. The summed E-state index contributed by atoms with van der Waals surface area (Å²) in [6.07, 6.45) is 4.51. The summed E-state index contributed by atoms with van der Waals surface area (Å²) in [6.45, 7) is 0. The van der Waals surface area contributed by atoms with E-state index in [2.05, 4.69) is 4.98 Å². The van der Waals surface area contributed by atoms with Gasteiger partial charge in [0.2, 0.25) is 5.91 Å². The third kappa shape index (κ3) is 4.25. The largest absolute Gasteiger partial charge is 0.341 e. The van der Waals surface area contributed by atoms with Gasteiger partial charge in [-0.2, -0.15) is 0 Å². The molecular weight excluding hydrogens is 336 g/mol. The molecule has 1 aliphatic rings. The van der Waals surface area contributed by atoms with E-state index >= 15 is 0 Å². The van der Waals surface area contributed by atoms with E-state index in [1.807, 2.05) is 42.5 Å². The zero-order chi connectivity index (χ0) is 17.9. The highest BCUT2D eigenvalue weighted by atomic mass is 32.2. The Morgan fingerprint density at radius 3 is 2.48 bits per heavy atom. The minimum atomic E-state index is -3.03. The van der Waals surface area contributed by atoms with Crippen molar-refractivity contribution >= 4 is 15.7 Å². The first kappa shape index (κ1) is 17.6. The second-order valence-electron chi connectivity index (χ2n) is 6.53. The molecule has 2 unspecified atom stereocenters. The van der Waals surface area contributed by atoms with Gasteiger partial charge >= 0.3 is 0 Å². The molecule has 25 heavy (non-hydrogen) atoms. The van der Waals surface area contributed by atoms with Gasteiger partial charge in [-0.1, -0.05) is 30.3 Å². The van der Waals surface area contributed by atoms with Crippen molar-refractivity contribution < 1.29 is 13.2 Å². The van der Waals surface area contributed by atoms with Gasteiger partial charge in [0.05, 0.1) is 17.4 Å². The van der Waals surface area contributed by atoms with Gasteiger partial charge in [-0.05, 0) is 36.1 Å². The highest BCUT2D eigenvalue weighted by Crippen LogP contribution is 2.26. The number of hydrogen-bond acceptors (Lipinski definition) is 4. The van der Waals surface area contributed by atoms with Crippen LogP contribution in [0.25, 0.3) is 0 Å². The summed E-state index contributed by atoms with van der Waals surface area (Å²) < 4.78 is 23.5. The molecule has 0 aliphatic carbocycles. The van der Waals surface area contributed by atoms with Gasteiger partial charge in [-0.25, -0.2) is 8.42 Å². The number of carbonyl (C=O) groups is 1. The minimum absolute atomic E-state index is 0.0369. The van der Waals surface area contributed by atoms with Gasteiger partial charge in [-0.3, -0.25) is 9.78 Å². The van der Waals surface area contributed by atoms with E-state index in [0.717, 1.165) is 11.1 Å². The number of nitrogens with zero attached hydrogens (tertiary/aromatic N) is 2. The number of carbonyl (C=O) groups excluding carboxylic acids is 1. The van der Waals surface area contributed by atoms with Crippen LogP contribution in [0, 0.1) is 0 Å². The third-order valence-electron chi connectivity index (χ3n) is 4.79. The predicted molar refractivity (Wildman–Crippen MR) is 97.0 cm³/mol. The standard InChI is InChI=1S/C19H22N2O3S/c1-21(17-9-12-25(23,24)14-17)19(22)18(16-5-3-2-4-6-16)13-15-7-10-20-11-8-15/h2-8,10-11,17-18H,9,12-14H2,1H3. The second-order valence-corrected chi connectivity index (χ2v) is 8.76. The molecule has 0 spiro atoms. The Morgan fingerprint density at radius 2 is 1.88 bits per heavy atom. The molecule has 2 atom stereocenters. The van der Waals surface area contributed by atoms with Crippen LogP contribution in [-0.2, 0) is 21.1 Å². The SMILES string of the molecule is CN(C(=O)C(Cc1ccncc1)c1ccccc1)C1CCS(=O)(=O)C1. The summed E-state index contributed by atoms with van der Waals surface area (Å²) in [4.78, 5) is 18.8. The fourth-order valence-electron chi connectivity index (χ4n) is 3.29. The van der Waals surface area contributed by atoms with Crippen LogP contribution in [0.1, 0.15) is 23.5 Å². The Bertz CT molecular complexity index is 822. The zero-order valence-electron chi connectivity index (χ0n) is 14.2. The van der Waals surface area contributed by atoms with Crippen molar-refractivity contribution in [3.05, 3.63) is 66.0 Å². The van der Waals surface area contributed by atoms with E-state index in [1.165, 1.54) is 0 Å². The highest BCUT2D eigenvalue weighted by molar-refractivity contribution is 7.91. The van der Waals surface area contributed by atoms with E-state index < -0.39 is 9.84 Å². The van der Waals surface area contributed by atoms with Crippen LogP contribution < -0.4 is 0 Å². The molecule has 1 saturated heterocycles. The van der Waals surface area contributed by atoms with Crippen molar-refractivity contribution in [2.24, 2.45) is 0 Å². The lowest BCUT2D eigenvalue weighted by atomic mass is 9.90. The molecule has 0 saturated carbocycles. The smallest absolute Gasteiger partial charge is 0.230 e. The lowest BCUT2D eigenvalue weighted by molar-refractivity contribution is -0.133. The Morgan fingerprint density at radius 1 is 1.20 bits per heavy atom. The third-order valence-corrected chi connectivity index (χ3v) is 6.54. The number of rotatable bonds is 5. The number of aromatic nitrogens is 1. The van der Waals surface area contributed by atoms with Gasteiger partial charge in [0.25, 0.3) is 0 Å². The van der Waals surface area contributed by atoms with Crippen molar-refractivity contribution in [2.45, 2.75) is 24.8 Å². The maximum atomic E-state index is 13.2. The van der Waals surface area contributed by atoms with E-state index in [9.17, 15) is 13.2 Å². The maximum absolute atomic E-state index is 13.2. The molecular formula is C19H22N2O3S. The summed E-state index contributed by atoms with van der Waals surface area (Å²) in [6, 6.07) is 13.2. The molecule has 132 valence electrons. The van der Waals surface area contributed by atoms with Crippen molar-refractivity contribution in [2.75, 3.05) is 18.6 Å². The summed E-state index contributed by atoms with van der Waals surface area (Å²) in [5, 5.41) is 0. The summed E-state index contributed by atoms with van der Waals surface area (Å²) in [5.41, 5.74) is 1.97. The molecule has 0 N–H and O–H groups in total. The molecule has 1 aromatic heterocycles. The first-order valence-corrected chi connectivity index (χ1v) is 10.2. The lowest BCUT2D eigenvalue weighted by Gasteiger charge is -2.28. The van der Waals surface area contributed by atoms with E-state index in [1.54, 1.807) is 24.3 Å². The van der Waals surface area contributed by atoms with Crippen molar-refractivity contribution in [3.63, 3.8) is 0 Å². The number of sulfone groups is 1. The monoisotopic (exact) mass is 358 g/mol. The maximum Gasteiger partial charge on any atom is 0.230 e.